The molecule has 1 heterocycles. The number of nitrogens with one attached hydrogen (secondary N) is 2. The molecule has 2 N–H and O–H groups in total. The Morgan fingerprint density at radius 2 is 2.00 bits per heavy atom. The summed E-state index contributed by atoms with van der Waals surface area (Å²) >= 11 is 5.38. The van der Waals surface area contributed by atoms with E-state index in [1.807, 2.05) is 54.2 Å². The molecule has 0 radical (unpaired) electrons. The predicted octanol–water partition coefficient (Wildman–Crippen LogP) is 3.68. The molecule has 0 aliphatic rings. The molecule has 0 amide bonds. The van der Waals surface area contributed by atoms with Gasteiger partial charge in [0.2, 0.25) is 0 Å². The van der Waals surface area contributed by atoms with Crippen molar-refractivity contribution in [3.8, 4) is 11.4 Å². The highest BCUT2D eigenvalue weighted by Gasteiger charge is 2.05. The number of aromatic nitrogens is 2. The van der Waals surface area contributed by atoms with Crippen molar-refractivity contribution in [1.29, 1.82) is 0 Å². The molecule has 128 valence electrons. The Labute approximate surface area is 152 Å². The largest absolute Gasteiger partial charge is 0.495 e. The van der Waals surface area contributed by atoms with Gasteiger partial charge in [-0.1, -0.05) is 18.2 Å². The minimum Gasteiger partial charge on any atom is -0.495 e. The van der Waals surface area contributed by atoms with E-state index >= 15 is 0 Å². The third-order valence-corrected chi connectivity index (χ3v) is 4.01. The lowest BCUT2D eigenvalue weighted by atomic mass is 10.2. The van der Waals surface area contributed by atoms with Crippen LogP contribution in [0.25, 0.3) is 5.69 Å². The van der Waals surface area contributed by atoms with E-state index in [9.17, 15) is 0 Å². The van der Waals surface area contributed by atoms with E-state index in [2.05, 4.69) is 27.9 Å². The molecule has 0 saturated heterocycles. The molecule has 0 aliphatic heterocycles. The topological polar surface area (TPSA) is 51.1 Å². The van der Waals surface area contributed by atoms with Gasteiger partial charge in [-0.2, -0.15) is 5.10 Å². The van der Waals surface area contributed by atoms with Gasteiger partial charge in [-0.15, -0.1) is 0 Å². The fourth-order valence-electron chi connectivity index (χ4n) is 2.46. The third kappa shape index (κ3) is 4.36. The molecule has 5 nitrogen and oxygen atoms in total. The van der Waals surface area contributed by atoms with Crippen LogP contribution in [0.3, 0.4) is 0 Å². The summed E-state index contributed by atoms with van der Waals surface area (Å²) in [5.41, 5.74) is 4.16. The summed E-state index contributed by atoms with van der Waals surface area (Å²) in [6.07, 6.45) is 3.68. The number of hydrogen-bond acceptors (Lipinski definition) is 3. The fraction of sp³-hybridized carbons (Fsp3) is 0.158. The van der Waals surface area contributed by atoms with E-state index in [1.54, 1.807) is 13.3 Å². The van der Waals surface area contributed by atoms with Crippen molar-refractivity contribution in [2.24, 2.45) is 0 Å². The lowest BCUT2D eigenvalue weighted by Gasteiger charge is -2.14. The zero-order valence-corrected chi connectivity index (χ0v) is 15.0. The highest BCUT2D eigenvalue weighted by atomic mass is 32.1. The molecule has 1 aromatic heterocycles. The molecular formula is C19H20N4OS. The van der Waals surface area contributed by atoms with Crippen molar-refractivity contribution in [2.45, 2.75) is 13.5 Å². The number of rotatable bonds is 5. The second kappa shape index (κ2) is 7.81. The maximum atomic E-state index is 5.38. The van der Waals surface area contributed by atoms with Crippen molar-refractivity contribution in [2.75, 3.05) is 12.4 Å². The predicted molar refractivity (Wildman–Crippen MR) is 104 cm³/mol. The van der Waals surface area contributed by atoms with Crippen LogP contribution in [0.1, 0.15) is 11.1 Å². The van der Waals surface area contributed by atoms with Crippen LogP contribution in [-0.4, -0.2) is 22.0 Å². The maximum absolute atomic E-state index is 5.38. The van der Waals surface area contributed by atoms with Gasteiger partial charge in [-0.3, -0.25) is 0 Å². The minimum atomic E-state index is 0.556. The summed E-state index contributed by atoms with van der Waals surface area (Å²) in [7, 11) is 1.65. The quantitative estimate of drug-likeness (QED) is 0.686. The van der Waals surface area contributed by atoms with Crippen LogP contribution in [-0.2, 0) is 6.54 Å². The van der Waals surface area contributed by atoms with E-state index in [0.29, 0.717) is 11.7 Å². The van der Waals surface area contributed by atoms with E-state index in [0.717, 1.165) is 28.3 Å². The van der Waals surface area contributed by atoms with Crippen LogP contribution in [0.15, 0.2) is 60.9 Å². The van der Waals surface area contributed by atoms with Gasteiger partial charge in [0, 0.05) is 18.9 Å². The van der Waals surface area contributed by atoms with Crippen LogP contribution in [0.5, 0.6) is 5.75 Å². The number of thiocarbonyl (C=S) groups is 1. The van der Waals surface area contributed by atoms with Gasteiger partial charge in [-0.05, 0) is 60.6 Å². The molecule has 0 saturated carbocycles. The summed E-state index contributed by atoms with van der Waals surface area (Å²) < 4.78 is 7.18. The number of anilines is 1. The smallest absolute Gasteiger partial charge is 0.171 e. The molecule has 3 rings (SSSR count). The molecule has 0 aliphatic carbocycles. The Morgan fingerprint density at radius 3 is 2.68 bits per heavy atom. The number of hydrogen-bond donors (Lipinski definition) is 2. The van der Waals surface area contributed by atoms with E-state index in [1.165, 1.54) is 0 Å². The van der Waals surface area contributed by atoms with Gasteiger partial charge in [0.05, 0.1) is 18.5 Å². The van der Waals surface area contributed by atoms with Gasteiger partial charge in [0.15, 0.2) is 5.11 Å². The Balaban J connectivity index is 1.58. The first kappa shape index (κ1) is 17.0. The average molecular weight is 352 g/mol. The van der Waals surface area contributed by atoms with Gasteiger partial charge in [-0.25, -0.2) is 4.68 Å². The van der Waals surface area contributed by atoms with Gasteiger partial charge in [0.25, 0.3) is 0 Å². The van der Waals surface area contributed by atoms with Crippen LogP contribution in [0.4, 0.5) is 5.69 Å². The minimum absolute atomic E-state index is 0.556. The van der Waals surface area contributed by atoms with Crippen molar-refractivity contribution >= 4 is 23.0 Å². The van der Waals surface area contributed by atoms with Gasteiger partial charge < -0.3 is 15.4 Å². The number of benzene rings is 2. The average Bonchev–Trinajstić information content (AvgIpc) is 3.15. The molecule has 0 bridgehead atoms. The van der Waals surface area contributed by atoms with E-state index in [4.69, 9.17) is 17.0 Å². The van der Waals surface area contributed by atoms with Crippen LogP contribution in [0.2, 0.25) is 0 Å². The Bertz CT molecular complexity index is 844. The monoisotopic (exact) mass is 352 g/mol. The van der Waals surface area contributed by atoms with E-state index in [-0.39, 0.29) is 0 Å². The first-order valence-electron chi connectivity index (χ1n) is 7.94. The van der Waals surface area contributed by atoms with Crippen molar-refractivity contribution < 1.29 is 4.74 Å². The lowest BCUT2D eigenvalue weighted by Crippen LogP contribution is -2.28. The van der Waals surface area contributed by atoms with Crippen LogP contribution < -0.4 is 15.4 Å². The normalized spacial score (nSPS) is 10.3. The SMILES string of the molecule is COc1ccc(C)cc1NC(=S)NCc1ccc(-n2cccn2)cc1. The molecule has 2 aromatic carbocycles. The number of ether oxygens (including phenoxy) is 1. The molecule has 6 heteroatoms. The van der Waals surface area contributed by atoms with Crippen LogP contribution in [0, 0.1) is 6.92 Å². The van der Waals surface area contributed by atoms with Crippen molar-refractivity contribution in [3.63, 3.8) is 0 Å². The Morgan fingerprint density at radius 1 is 1.20 bits per heavy atom. The highest BCUT2D eigenvalue weighted by molar-refractivity contribution is 7.80. The third-order valence-electron chi connectivity index (χ3n) is 3.76. The van der Waals surface area contributed by atoms with Crippen molar-refractivity contribution in [1.82, 2.24) is 15.1 Å². The molecule has 0 unspecified atom stereocenters. The van der Waals surface area contributed by atoms with Crippen LogP contribution >= 0.6 is 12.2 Å². The van der Waals surface area contributed by atoms with Gasteiger partial charge >= 0.3 is 0 Å². The van der Waals surface area contributed by atoms with Gasteiger partial charge in [0.1, 0.15) is 5.75 Å². The fourth-order valence-corrected chi connectivity index (χ4v) is 2.64. The number of methoxy groups -OCH3 is 1. The zero-order chi connectivity index (χ0) is 17.6. The lowest BCUT2D eigenvalue weighted by molar-refractivity contribution is 0.417. The second-order valence-electron chi connectivity index (χ2n) is 5.63. The first-order chi connectivity index (χ1) is 12.2. The van der Waals surface area contributed by atoms with Crippen molar-refractivity contribution in [3.05, 3.63) is 72.1 Å². The summed E-state index contributed by atoms with van der Waals surface area (Å²) in [4.78, 5) is 0. The summed E-state index contributed by atoms with van der Waals surface area (Å²) in [6, 6.07) is 16.0. The summed E-state index contributed by atoms with van der Waals surface area (Å²) in [5.74, 6) is 0.762. The molecule has 3 aromatic rings. The molecule has 0 fully saturated rings. The molecular weight excluding hydrogens is 332 g/mol. The second-order valence-corrected chi connectivity index (χ2v) is 6.04. The zero-order valence-electron chi connectivity index (χ0n) is 14.2. The molecule has 25 heavy (non-hydrogen) atoms. The number of nitrogens with zero attached hydrogens (tertiary/aromatic N) is 2. The molecule has 0 spiro atoms. The van der Waals surface area contributed by atoms with E-state index < -0.39 is 0 Å². The Kier molecular flexibility index (Phi) is 5.30. The Hall–Kier alpha value is -2.86. The standard InChI is InChI=1S/C19H20N4OS/c1-14-4-9-18(24-2)17(12-14)22-19(25)20-13-15-5-7-16(8-6-15)23-11-3-10-21-23/h3-12H,13H2,1-2H3,(H2,20,22,25). The maximum Gasteiger partial charge on any atom is 0.171 e. The summed E-state index contributed by atoms with van der Waals surface area (Å²) in [6.45, 7) is 2.67. The highest BCUT2D eigenvalue weighted by Crippen LogP contribution is 2.25. The molecule has 0 atom stereocenters. The summed E-state index contributed by atoms with van der Waals surface area (Å²) in [5, 5.41) is 11.2. The number of aryl methyl sites for hydroxylation is 1. The first-order valence-corrected chi connectivity index (χ1v) is 8.35.